The summed E-state index contributed by atoms with van der Waals surface area (Å²) >= 11 is 5.86. The fourth-order valence-electron chi connectivity index (χ4n) is 2.22. The number of nitrogens with one attached hydrogen (secondary N) is 1. The number of aromatic nitrogens is 2. The lowest BCUT2D eigenvalue weighted by atomic mass is 10.1. The molecule has 0 aliphatic rings. The van der Waals surface area contributed by atoms with Gasteiger partial charge >= 0.3 is 0 Å². The van der Waals surface area contributed by atoms with E-state index in [9.17, 15) is 8.42 Å². The van der Waals surface area contributed by atoms with Crippen LogP contribution in [-0.4, -0.2) is 30.0 Å². The molecule has 114 valence electrons. The molecule has 21 heavy (non-hydrogen) atoms. The van der Waals surface area contributed by atoms with E-state index in [0.717, 1.165) is 5.56 Å². The minimum atomic E-state index is -3.61. The van der Waals surface area contributed by atoms with Gasteiger partial charge in [-0.2, -0.15) is 9.40 Å². The van der Waals surface area contributed by atoms with Gasteiger partial charge in [0.15, 0.2) is 0 Å². The number of hydrogen-bond acceptors (Lipinski definition) is 3. The van der Waals surface area contributed by atoms with Crippen molar-refractivity contribution in [3.63, 3.8) is 0 Å². The molecule has 0 radical (unpaired) electrons. The van der Waals surface area contributed by atoms with E-state index in [4.69, 9.17) is 11.6 Å². The standard InChI is InChI=1S/C14H18ClN3O2S/c1-9-14(10(2)17-16-9)21(19,20)18(4)11(3)12-5-7-13(15)8-6-12/h5-8,11H,1-4H3,(H,16,17). The van der Waals surface area contributed by atoms with E-state index < -0.39 is 10.0 Å². The summed E-state index contributed by atoms with van der Waals surface area (Å²) < 4.78 is 26.9. The summed E-state index contributed by atoms with van der Waals surface area (Å²) in [6.45, 7) is 5.22. The Kier molecular flexibility index (Phi) is 4.41. The van der Waals surface area contributed by atoms with Crippen LogP contribution < -0.4 is 0 Å². The van der Waals surface area contributed by atoms with Gasteiger partial charge in [-0.05, 0) is 38.5 Å². The van der Waals surface area contributed by atoms with Crippen LogP contribution in [0.1, 0.15) is 29.9 Å². The van der Waals surface area contributed by atoms with Crippen molar-refractivity contribution < 1.29 is 8.42 Å². The van der Waals surface area contributed by atoms with Crippen LogP contribution >= 0.6 is 11.6 Å². The van der Waals surface area contributed by atoms with Gasteiger partial charge in [-0.3, -0.25) is 5.10 Å². The number of sulfonamides is 1. The van der Waals surface area contributed by atoms with Crippen LogP contribution in [0.3, 0.4) is 0 Å². The Bertz CT molecular complexity index is 719. The molecule has 0 spiro atoms. The SMILES string of the molecule is Cc1n[nH]c(C)c1S(=O)(=O)N(C)C(C)c1ccc(Cl)cc1. The molecule has 0 aliphatic heterocycles. The van der Waals surface area contributed by atoms with Crippen LogP contribution in [-0.2, 0) is 10.0 Å². The van der Waals surface area contributed by atoms with Crippen LogP contribution in [0.5, 0.6) is 0 Å². The second kappa shape index (κ2) is 5.79. The average molecular weight is 328 g/mol. The van der Waals surface area contributed by atoms with E-state index in [1.54, 1.807) is 33.0 Å². The first kappa shape index (κ1) is 16.0. The second-order valence-electron chi connectivity index (χ2n) is 5.01. The molecule has 1 aromatic heterocycles. The Labute approximate surface area is 130 Å². The summed E-state index contributed by atoms with van der Waals surface area (Å²) in [4.78, 5) is 0.241. The van der Waals surface area contributed by atoms with E-state index in [1.807, 2.05) is 19.1 Å². The highest BCUT2D eigenvalue weighted by atomic mass is 35.5. The predicted octanol–water partition coefficient (Wildman–Crippen LogP) is 3.06. The van der Waals surface area contributed by atoms with Crippen molar-refractivity contribution in [2.75, 3.05) is 7.05 Å². The number of nitrogens with zero attached hydrogens (tertiary/aromatic N) is 2. The third-order valence-electron chi connectivity index (χ3n) is 3.60. The third kappa shape index (κ3) is 2.97. The molecule has 1 atom stereocenters. The normalized spacial score (nSPS) is 13.6. The summed E-state index contributed by atoms with van der Waals surface area (Å²) in [7, 11) is -2.04. The van der Waals surface area contributed by atoms with Gasteiger partial charge in [0.1, 0.15) is 4.90 Å². The molecule has 0 aliphatic carbocycles. The molecule has 2 aromatic rings. The Hall–Kier alpha value is -1.37. The van der Waals surface area contributed by atoms with Gasteiger partial charge in [0.05, 0.1) is 11.4 Å². The van der Waals surface area contributed by atoms with Gasteiger partial charge in [0.2, 0.25) is 10.0 Å². The molecule has 2 rings (SSSR count). The number of benzene rings is 1. The van der Waals surface area contributed by atoms with Gasteiger partial charge in [-0.25, -0.2) is 8.42 Å². The molecule has 0 amide bonds. The van der Waals surface area contributed by atoms with Gasteiger partial charge in [0.25, 0.3) is 0 Å². The largest absolute Gasteiger partial charge is 0.281 e. The second-order valence-corrected chi connectivity index (χ2v) is 7.38. The van der Waals surface area contributed by atoms with Crippen LogP contribution in [0.4, 0.5) is 0 Å². The van der Waals surface area contributed by atoms with Crippen LogP contribution in [0.25, 0.3) is 0 Å². The maximum Gasteiger partial charge on any atom is 0.247 e. The first-order chi connectivity index (χ1) is 9.75. The van der Waals surface area contributed by atoms with Crippen molar-refractivity contribution in [2.24, 2.45) is 0 Å². The highest BCUT2D eigenvalue weighted by Crippen LogP contribution is 2.28. The van der Waals surface area contributed by atoms with Gasteiger partial charge in [-0.15, -0.1) is 0 Å². The summed E-state index contributed by atoms with van der Waals surface area (Å²) in [5, 5.41) is 7.29. The number of aryl methyl sites for hydroxylation is 2. The Morgan fingerprint density at radius 1 is 1.24 bits per heavy atom. The fourth-order valence-corrected chi connectivity index (χ4v) is 4.03. The molecule has 1 N–H and O–H groups in total. The predicted molar refractivity (Wildman–Crippen MR) is 82.9 cm³/mol. The molecule has 1 heterocycles. The van der Waals surface area contributed by atoms with E-state index in [2.05, 4.69) is 10.2 Å². The molecule has 0 saturated carbocycles. The Balaban J connectivity index is 2.38. The van der Waals surface area contributed by atoms with E-state index in [0.29, 0.717) is 16.4 Å². The zero-order valence-electron chi connectivity index (χ0n) is 12.4. The summed E-state index contributed by atoms with van der Waals surface area (Å²) in [6.07, 6.45) is 0. The summed E-state index contributed by atoms with van der Waals surface area (Å²) in [5.41, 5.74) is 1.90. The van der Waals surface area contributed by atoms with E-state index in [-0.39, 0.29) is 10.9 Å². The third-order valence-corrected chi connectivity index (χ3v) is 6.04. The molecular weight excluding hydrogens is 310 g/mol. The van der Waals surface area contributed by atoms with Crippen molar-refractivity contribution in [2.45, 2.75) is 31.7 Å². The summed E-state index contributed by atoms with van der Waals surface area (Å²) in [6, 6.07) is 6.85. The van der Waals surface area contributed by atoms with Gasteiger partial charge in [0, 0.05) is 18.1 Å². The molecular formula is C14H18ClN3O2S. The molecule has 7 heteroatoms. The zero-order chi connectivity index (χ0) is 15.8. The topological polar surface area (TPSA) is 66.1 Å². The van der Waals surface area contributed by atoms with Crippen LogP contribution in [0.15, 0.2) is 29.2 Å². The number of rotatable bonds is 4. The first-order valence-corrected chi connectivity index (χ1v) is 8.32. The van der Waals surface area contributed by atoms with Gasteiger partial charge < -0.3 is 0 Å². The molecule has 0 saturated heterocycles. The monoisotopic (exact) mass is 327 g/mol. The maximum atomic E-state index is 12.8. The van der Waals surface area contributed by atoms with Crippen molar-refractivity contribution in [3.05, 3.63) is 46.2 Å². The number of H-pyrrole nitrogens is 1. The molecule has 5 nitrogen and oxygen atoms in total. The van der Waals surface area contributed by atoms with Crippen molar-refractivity contribution in [3.8, 4) is 0 Å². The van der Waals surface area contributed by atoms with Crippen molar-refractivity contribution >= 4 is 21.6 Å². The lowest BCUT2D eigenvalue weighted by molar-refractivity contribution is 0.398. The zero-order valence-corrected chi connectivity index (χ0v) is 14.0. The maximum absolute atomic E-state index is 12.8. The van der Waals surface area contributed by atoms with E-state index in [1.165, 1.54) is 4.31 Å². The Morgan fingerprint density at radius 2 is 1.81 bits per heavy atom. The lowest BCUT2D eigenvalue weighted by Crippen LogP contribution is -2.30. The number of hydrogen-bond donors (Lipinski definition) is 1. The quantitative estimate of drug-likeness (QED) is 0.938. The van der Waals surface area contributed by atoms with Crippen molar-refractivity contribution in [1.29, 1.82) is 0 Å². The average Bonchev–Trinajstić information content (AvgIpc) is 2.78. The van der Waals surface area contributed by atoms with Crippen LogP contribution in [0, 0.1) is 13.8 Å². The highest BCUT2D eigenvalue weighted by Gasteiger charge is 2.30. The van der Waals surface area contributed by atoms with Gasteiger partial charge in [-0.1, -0.05) is 23.7 Å². The number of halogens is 1. The smallest absolute Gasteiger partial charge is 0.247 e. The lowest BCUT2D eigenvalue weighted by Gasteiger charge is -2.24. The minimum absolute atomic E-state index is 0.241. The summed E-state index contributed by atoms with van der Waals surface area (Å²) in [5.74, 6) is 0. The first-order valence-electron chi connectivity index (χ1n) is 6.50. The van der Waals surface area contributed by atoms with Crippen molar-refractivity contribution in [1.82, 2.24) is 14.5 Å². The molecule has 0 bridgehead atoms. The number of aromatic amines is 1. The Morgan fingerprint density at radius 3 is 2.29 bits per heavy atom. The van der Waals surface area contributed by atoms with E-state index >= 15 is 0 Å². The molecule has 1 unspecified atom stereocenters. The molecule has 1 aromatic carbocycles. The van der Waals surface area contributed by atoms with Crippen LogP contribution in [0.2, 0.25) is 5.02 Å². The molecule has 0 fully saturated rings. The highest BCUT2D eigenvalue weighted by molar-refractivity contribution is 7.89. The minimum Gasteiger partial charge on any atom is -0.281 e. The fraction of sp³-hybridized carbons (Fsp3) is 0.357.